The maximum atomic E-state index is 13.1. The molecular formula is C137H99N3O2. The highest BCUT2D eigenvalue weighted by Crippen LogP contribution is 2.63. The first kappa shape index (κ1) is 86.8. The Labute approximate surface area is 827 Å². The van der Waals surface area contributed by atoms with Crippen LogP contribution in [0.25, 0.3) is 208 Å². The predicted octanol–water partition coefficient (Wildman–Crippen LogP) is 36.0. The van der Waals surface area contributed by atoms with Gasteiger partial charge in [0, 0.05) is 32.3 Å². The minimum atomic E-state index is -0.573. The molecule has 26 rings (SSSR count). The van der Waals surface area contributed by atoms with Gasteiger partial charge in [-0.15, -0.1) is 0 Å². The maximum Gasteiger partial charge on any atom is 0.316 e. The van der Waals surface area contributed by atoms with Crippen LogP contribution in [0.3, 0.4) is 0 Å². The Morgan fingerprint density at radius 3 is 0.901 bits per heavy atom. The zero-order valence-electron chi connectivity index (χ0n) is 79.2. The van der Waals surface area contributed by atoms with Crippen LogP contribution in [-0.2, 0) is 10.2 Å². The van der Waals surface area contributed by atoms with Gasteiger partial charge in [-0.25, -0.2) is 0 Å². The van der Waals surface area contributed by atoms with Crippen molar-refractivity contribution in [1.29, 1.82) is 0 Å². The molecule has 5 nitrogen and oxygen atoms in total. The highest BCUT2D eigenvalue weighted by Gasteiger charge is 2.51. The lowest BCUT2D eigenvalue weighted by atomic mass is 9.70. The van der Waals surface area contributed by atoms with Gasteiger partial charge in [-0.1, -0.05) is 450 Å². The number of esters is 1. The highest BCUT2D eigenvalue weighted by molar-refractivity contribution is 6.13. The van der Waals surface area contributed by atoms with E-state index in [2.05, 4.69) is 517 Å². The number of carbonyl (C=O) groups is 1. The van der Waals surface area contributed by atoms with E-state index in [1.807, 2.05) is 51.1 Å². The third-order valence-corrected chi connectivity index (χ3v) is 28.9. The number of carbonyl (C=O) groups excluding carboxylic acids is 1. The number of aromatic nitrogens is 3. The molecule has 5 heteroatoms. The molecule has 3 aromatic heterocycles. The summed E-state index contributed by atoms with van der Waals surface area (Å²) in [4.78, 5) is 13.1. The molecule has 21 aromatic carbocycles. The van der Waals surface area contributed by atoms with E-state index >= 15 is 0 Å². The Hall–Kier alpha value is -18.0. The summed E-state index contributed by atoms with van der Waals surface area (Å²) in [5, 5.41) is 10.1. The summed E-state index contributed by atoms with van der Waals surface area (Å²) >= 11 is 0. The first-order chi connectivity index (χ1) is 70.0. The molecule has 0 radical (unpaired) electrons. The fourth-order valence-electron chi connectivity index (χ4n) is 21.5. The summed E-state index contributed by atoms with van der Waals surface area (Å²) in [6.45, 7) is 5.85. The summed E-state index contributed by atoms with van der Waals surface area (Å²) in [6, 6.07) is 179. The molecule has 24 aromatic rings. The smallest absolute Gasteiger partial charge is 0.316 e. The fourth-order valence-corrected chi connectivity index (χ4v) is 21.5. The van der Waals surface area contributed by atoms with Crippen LogP contribution >= 0.6 is 0 Å². The van der Waals surface area contributed by atoms with Crippen LogP contribution in [0.5, 0.6) is 5.75 Å². The number of ether oxygens (including phenoxy) is 1. The largest absolute Gasteiger partial charge is 0.426 e. The van der Waals surface area contributed by atoms with E-state index < -0.39 is 5.41 Å². The molecule has 2 aliphatic carbocycles. The number of rotatable bonds is 17. The zero-order chi connectivity index (χ0) is 95.2. The van der Waals surface area contributed by atoms with E-state index in [1.165, 1.54) is 137 Å². The summed E-state index contributed by atoms with van der Waals surface area (Å²) in [5.74, 6) is 0.299. The molecule has 0 amide bonds. The van der Waals surface area contributed by atoms with Crippen molar-refractivity contribution in [2.45, 2.75) is 32.6 Å². The van der Waals surface area contributed by atoms with E-state index in [0.717, 1.165) is 89.4 Å². The average molecular weight is 1820 g/mol. The molecule has 0 atom stereocenters. The first-order valence-corrected chi connectivity index (χ1v) is 49.1. The average Bonchev–Trinajstić information content (AvgIpc) is 1.50. The molecule has 0 bridgehead atoms. The van der Waals surface area contributed by atoms with Gasteiger partial charge >= 0.3 is 5.97 Å². The Kier molecular flexibility index (Phi) is 22.7. The molecule has 2 aliphatic rings. The Morgan fingerprint density at radius 2 is 0.528 bits per heavy atom. The van der Waals surface area contributed by atoms with Gasteiger partial charge in [0.15, 0.2) is 0 Å². The quantitative estimate of drug-likeness (QED) is 0.0518. The van der Waals surface area contributed by atoms with Crippen molar-refractivity contribution in [3.8, 4) is 101 Å². The Bertz CT molecular complexity index is 8390. The molecule has 3 heterocycles. The molecule has 0 fully saturated rings. The molecule has 0 unspecified atom stereocenters. The van der Waals surface area contributed by atoms with E-state index in [0.29, 0.717) is 12.2 Å². The normalized spacial score (nSPS) is 12.4. The second-order valence-corrected chi connectivity index (χ2v) is 37.7. The van der Waals surface area contributed by atoms with Crippen molar-refractivity contribution in [1.82, 2.24) is 13.7 Å². The van der Waals surface area contributed by atoms with E-state index in [4.69, 9.17) is 4.74 Å². The van der Waals surface area contributed by atoms with Gasteiger partial charge in [-0.2, -0.15) is 0 Å². The van der Waals surface area contributed by atoms with Crippen LogP contribution in [0.4, 0.5) is 0 Å². The van der Waals surface area contributed by atoms with Gasteiger partial charge in [0.25, 0.3) is 0 Å². The highest BCUT2D eigenvalue weighted by atomic mass is 16.5. The monoisotopic (exact) mass is 1820 g/mol. The third-order valence-electron chi connectivity index (χ3n) is 28.9. The van der Waals surface area contributed by atoms with Crippen LogP contribution in [-0.4, -0.2) is 19.7 Å². The third kappa shape index (κ3) is 16.0. The summed E-state index contributed by atoms with van der Waals surface area (Å²) in [5.41, 5.74) is 38.9. The van der Waals surface area contributed by atoms with E-state index in [9.17, 15) is 4.79 Å². The molecule has 0 aliphatic heterocycles. The molecule has 0 N–H and O–H groups in total. The minimum Gasteiger partial charge on any atom is -0.426 e. The van der Waals surface area contributed by atoms with Crippen LogP contribution in [0.2, 0.25) is 0 Å². The SMILES string of the molecule is CCC(C)(C)C(=O)Oc1ccc(-c2c(-c3ccc(/C=C/c4ccccc4)cc3)cc(-c3ccc(/C=C/c4ccccc4)cc3)cc2-c2ccc(/C=C/c3ccccc3)cc2)cc1.c1ccc2c(c1)-c1ccccc1C21c2ccccc2-c2ccc(-c3ccc4ccccc4c3)cc21.c1ccc2c(c1)c1ccccc1n2-c1cc(-n2c3ccccc3c3ccccc32)cc(-n2c3ccccc3c3ccccc32)c1. The van der Waals surface area contributed by atoms with E-state index in [1.54, 1.807) is 0 Å². The van der Waals surface area contributed by atoms with Crippen molar-refractivity contribution in [2.24, 2.45) is 5.41 Å². The minimum absolute atomic E-state index is 0.233. The van der Waals surface area contributed by atoms with Gasteiger partial charge in [-0.3, -0.25) is 4.79 Å². The van der Waals surface area contributed by atoms with Gasteiger partial charge in [0.2, 0.25) is 0 Å². The number of para-hydroxylation sites is 6. The molecular weight excluding hydrogens is 1720 g/mol. The van der Waals surface area contributed by atoms with Crippen LogP contribution in [0.1, 0.15) is 82.8 Å². The Balaban J connectivity index is 0.000000120. The second kappa shape index (κ2) is 37.1. The van der Waals surface area contributed by atoms with Crippen molar-refractivity contribution >= 4 is 119 Å². The number of nitrogens with zero attached hydrogens (tertiary/aromatic N) is 3. The van der Waals surface area contributed by atoms with Gasteiger partial charge in [-0.05, 0) is 256 Å². The number of hydrogen-bond donors (Lipinski definition) is 0. The van der Waals surface area contributed by atoms with Crippen LogP contribution in [0, 0.1) is 5.41 Å². The fraction of sp³-hybridized carbons (Fsp3) is 0.0438. The van der Waals surface area contributed by atoms with E-state index in [-0.39, 0.29) is 11.4 Å². The number of fused-ring (bicyclic) bond motifs is 20. The standard InChI is InChI=1S/C60H50O2.C42H27N3.C35H22/c1-4-60(2,3)59(61)62-55-40-38-53(39-41-55)58-56(51-34-28-48(29-35-51)24-21-45-16-10-6-11-17-45)42-54(50-32-26-47(27-33-50)23-20-44-14-8-5-9-15-44)43-57(58)52-36-30-49(31-37-52)25-22-46-18-12-7-13-19-46;1-7-19-37-31(13-1)32-14-2-8-20-38(32)43(37)28-25-29(44-39-21-9-3-15-33(39)34-16-4-10-22-40(34)44)27-30(26-28)45-41-23-11-5-17-35(41)36-18-6-12-24-42(36)45;1-2-10-24-21-25(18-17-23(24)9-1)26-19-20-30-29-13-5-8-16-33(29)35(34(30)22-26)31-14-6-3-11-27(31)28-12-4-7-15-32(28)35/h5-43H,4H2,1-3H3;1-27H;1-22H/b23-20+,24-21+,25-22+;;. The zero-order valence-corrected chi connectivity index (χ0v) is 79.2. The van der Waals surface area contributed by atoms with Gasteiger partial charge in [0.1, 0.15) is 5.75 Å². The second-order valence-electron chi connectivity index (χ2n) is 37.7. The Morgan fingerprint density at radius 1 is 0.239 bits per heavy atom. The lowest BCUT2D eigenvalue weighted by molar-refractivity contribution is -0.144. The maximum absolute atomic E-state index is 13.1. The molecule has 0 saturated carbocycles. The molecule has 674 valence electrons. The van der Waals surface area contributed by atoms with Gasteiger partial charge in [0.05, 0.1) is 61.0 Å². The summed E-state index contributed by atoms with van der Waals surface area (Å²) in [7, 11) is 0. The summed E-state index contributed by atoms with van der Waals surface area (Å²) < 4.78 is 13.2. The lowest BCUT2D eigenvalue weighted by Gasteiger charge is -2.30. The van der Waals surface area contributed by atoms with Crippen LogP contribution in [0.15, 0.2) is 497 Å². The first-order valence-electron chi connectivity index (χ1n) is 49.1. The van der Waals surface area contributed by atoms with Crippen molar-refractivity contribution in [3.05, 3.63) is 553 Å². The van der Waals surface area contributed by atoms with Crippen molar-refractivity contribution in [3.63, 3.8) is 0 Å². The molecule has 0 saturated heterocycles. The van der Waals surface area contributed by atoms with Gasteiger partial charge < -0.3 is 18.4 Å². The molecule has 142 heavy (non-hydrogen) atoms. The topological polar surface area (TPSA) is 41.1 Å². The van der Waals surface area contributed by atoms with Crippen molar-refractivity contribution < 1.29 is 9.53 Å². The van der Waals surface area contributed by atoms with Crippen LogP contribution < -0.4 is 4.74 Å². The van der Waals surface area contributed by atoms with Crippen molar-refractivity contribution in [2.75, 3.05) is 0 Å². The number of benzene rings is 21. The lowest BCUT2D eigenvalue weighted by Crippen LogP contribution is -2.28. The predicted molar refractivity (Wildman–Crippen MR) is 599 cm³/mol. The summed E-state index contributed by atoms with van der Waals surface area (Å²) in [6.07, 6.45) is 13.6. The molecule has 1 spiro atoms. The number of hydrogen-bond acceptors (Lipinski definition) is 2.